The SMILES string of the molecule is CC(C)(I)C(=O)OCCCC(=O)OC1(c2ccccc2)CC[NH2+]CC1. The van der Waals surface area contributed by atoms with E-state index in [1.54, 1.807) is 13.8 Å². The second kappa shape index (κ2) is 8.98. The fourth-order valence-electron chi connectivity index (χ4n) is 2.95. The van der Waals surface area contributed by atoms with E-state index in [0.29, 0.717) is 6.42 Å². The van der Waals surface area contributed by atoms with Crippen molar-refractivity contribution in [2.45, 2.75) is 48.6 Å². The fraction of sp³-hybridized carbons (Fsp3) is 0.579. The minimum absolute atomic E-state index is 0.226. The maximum Gasteiger partial charge on any atom is 0.321 e. The van der Waals surface area contributed by atoms with Gasteiger partial charge >= 0.3 is 11.9 Å². The largest absolute Gasteiger partial charge is 0.465 e. The standard InChI is InChI=1S/C19H26INO4/c1-18(2,20)17(23)24-14-6-9-16(22)25-19(10-12-21-13-11-19)15-7-4-3-5-8-15/h3-5,7-8,21H,6,9-14H2,1-2H3/p+1. The molecular formula is C19H27INO4+. The van der Waals surface area contributed by atoms with Crippen LogP contribution in [0.15, 0.2) is 30.3 Å². The van der Waals surface area contributed by atoms with Crippen molar-refractivity contribution < 1.29 is 24.4 Å². The van der Waals surface area contributed by atoms with Crippen LogP contribution in [0.3, 0.4) is 0 Å². The predicted octanol–water partition coefficient (Wildman–Crippen LogP) is 2.32. The van der Waals surface area contributed by atoms with Gasteiger partial charge in [0, 0.05) is 19.3 Å². The highest BCUT2D eigenvalue weighted by molar-refractivity contribution is 14.1. The first-order valence-electron chi connectivity index (χ1n) is 8.79. The number of hydrogen-bond acceptors (Lipinski definition) is 4. The Morgan fingerprint density at radius 1 is 1.20 bits per heavy atom. The Hall–Kier alpha value is -1.15. The lowest BCUT2D eigenvalue weighted by molar-refractivity contribution is -0.668. The number of benzene rings is 1. The third kappa shape index (κ3) is 5.95. The van der Waals surface area contributed by atoms with Crippen molar-refractivity contribution in [1.82, 2.24) is 0 Å². The van der Waals surface area contributed by atoms with Crippen LogP contribution in [0.2, 0.25) is 0 Å². The van der Waals surface area contributed by atoms with Gasteiger partial charge in [0.1, 0.15) is 9.02 Å². The molecule has 6 heteroatoms. The number of esters is 2. The van der Waals surface area contributed by atoms with Crippen molar-refractivity contribution in [3.05, 3.63) is 35.9 Å². The predicted molar refractivity (Wildman–Crippen MR) is 103 cm³/mol. The first kappa shape index (κ1) is 20.2. The summed E-state index contributed by atoms with van der Waals surface area (Å²) in [5.41, 5.74) is 0.545. The molecule has 2 N–H and O–H groups in total. The monoisotopic (exact) mass is 460 g/mol. The fourth-order valence-corrected chi connectivity index (χ4v) is 3.11. The molecule has 0 atom stereocenters. The molecule has 0 amide bonds. The summed E-state index contributed by atoms with van der Waals surface area (Å²) in [6, 6.07) is 9.99. The number of ether oxygens (including phenoxy) is 2. The molecule has 1 aromatic rings. The summed E-state index contributed by atoms with van der Waals surface area (Å²) in [5.74, 6) is -0.486. The lowest BCUT2D eigenvalue weighted by atomic mass is 9.84. The van der Waals surface area contributed by atoms with Gasteiger partial charge in [0.25, 0.3) is 0 Å². The molecular weight excluding hydrogens is 433 g/mol. The first-order valence-corrected chi connectivity index (χ1v) is 9.86. The molecule has 1 saturated heterocycles. The number of quaternary nitrogens is 1. The number of halogens is 1. The van der Waals surface area contributed by atoms with E-state index in [0.717, 1.165) is 31.5 Å². The quantitative estimate of drug-likeness (QED) is 0.294. The molecule has 1 fully saturated rings. The van der Waals surface area contributed by atoms with E-state index in [2.05, 4.69) is 5.32 Å². The van der Waals surface area contributed by atoms with Crippen molar-refractivity contribution in [2.24, 2.45) is 0 Å². The molecule has 25 heavy (non-hydrogen) atoms. The number of rotatable bonds is 7. The molecule has 0 bridgehead atoms. The Balaban J connectivity index is 1.87. The van der Waals surface area contributed by atoms with E-state index in [-0.39, 0.29) is 25.0 Å². The van der Waals surface area contributed by atoms with Gasteiger partial charge in [0.2, 0.25) is 0 Å². The smallest absolute Gasteiger partial charge is 0.321 e. The number of nitrogens with two attached hydrogens (primary N) is 1. The van der Waals surface area contributed by atoms with E-state index >= 15 is 0 Å². The van der Waals surface area contributed by atoms with Crippen molar-refractivity contribution in [1.29, 1.82) is 0 Å². The molecule has 0 saturated carbocycles. The molecule has 1 aliphatic rings. The normalized spacial score (nSPS) is 16.9. The lowest BCUT2D eigenvalue weighted by Crippen LogP contribution is -2.87. The van der Waals surface area contributed by atoms with Crippen LogP contribution in [0.5, 0.6) is 0 Å². The highest BCUT2D eigenvalue weighted by Gasteiger charge is 2.39. The van der Waals surface area contributed by atoms with Gasteiger partial charge in [0.15, 0.2) is 0 Å². The maximum absolute atomic E-state index is 12.4. The molecule has 0 spiro atoms. The number of hydrogen-bond donors (Lipinski definition) is 1. The maximum atomic E-state index is 12.4. The first-order chi connectivity index (χ1) is 11.8. The topological polar surface area (TPSA) is 69.2 Å². The second-order valence-electron chi connectivity index (χ2n) is 6.91. The van der Waals surface area contributed by atoms with E-state index < -0.39 is 9.02 Å². The van der Waals surface area contributed by atoms with Crippen molar-refractivity contribution in [3.8, 4) is 0 Å². The molecule has 0 radical (unpaired) electrons. The van der Waals surface area contributed by atoms with E-state index in [4.69, 9.17) is 9.47 Å². The molecule has 138 valence electrons. The minimum Gasteiger partial charge on any atom is -0.465 e. The van der Waals surface area contributed by atoms with E-state index in [9.17, 15) is 9.59 Å². The molecule has 0 aromatic heterocycles. The summed E-state index contributed by atoms with van der Waals surface area (Å²) in [5, 5.41) is 2.25. The summed E-state index contributed by atoms with van der Waals surface area (Å²) >= 11 is 2.04. The molecule has 0 aliphatic carbocycles. The van der Waals surface area contributed by atoms with Crippen LogP contribution in [-0.4, -0.2) is 35.1 Å². The van der Waals surface area contributed by atoms with Crippen molar-refractivity contribution >= 4 is 34.5 Å². The molecule has 1 aliphatic heterocycles. The van der Waals surface area contributed by atoms with Crippen LogP contribution in [0, 0.1) is 0 Å². The number of alkyl halides is 1. The summed E-state index contributed by atoms with van der Waals surface area (Å²) in [6.45, 7) is 5.74. The Labute approximate surface area is 163 Å². The van der Waals surface area contributed by atoms with Gasteiger partial charge in [-0.15, -0.1) is 0 Å². The van der Waals surface area contributed by atoms with Gasteiger partial charge in [-0.2, -0.15) is 0 Å². The van der Waals surface area contributed by atoms with Gasteiger partial charge in [0.05, 0.1) is 19.7 Å². The molecule has 2 rings (SSSR count). The molecule has 1 aromatic carbocycles. The van der Waals surface area contributed by atoms with E-state index in [1.165, 1.54) is 0 Å². The summed E-state index contributed by atoms with van der Waals surface area (Å²) in [7, 11) is 0. The van der Waals surface area contributed by atoms with Gasteiger partial charge in [-0.25, -0.2) is 0 Å². The van der Waals surface area contributed by atoms with Crippen LogP contribution in [-0.2, 0) is 24.7 Å². The zero-order valence-corrected chi connectivity index (χ0v) is 17.1. The Kier molecular flexibility index (Phi) is 7.25. The Morgan fingerprint density at radius 3 is 2.44 bits per heavy atom. The van der Waals surface area contributed by atoms with Crippen molar-refractivity contribution in [2.75, 3.05) is 19.7 Å². The van der Waals surface area contributed by atoms with Gasteiger partial charge < -0.3 is 14.8 Å². The van der Waals surface area contributed by atoms with Crippen LogP contribution < -0.4 is 5.32 Å². The second-order valence-corrected chi connectivity index (χ2v) is 9.61. The lowest BCUT2D eigenvalue weighted by Gasteiger charge is -2.36. The molecule has 0 unspecified atom stereocenters. The van der Waals surface area contributed by atoms with Crippen LogP contribution in [0.1, 0.15) is 45.1 Å². The summed E-state index contributed by atoms with van der Waals surface area (Å²) in [6.07, 6.45) is 2.38. The van der Waals surface area contributed by atoms with Gasteiger partial charge in [-0.1, -0.05) is 52.9 Å². The summed E-state index contributed by atoms with van der Waals surface area (Å²) in [4.78, 5) is 24.1. The average molecular weight is 460 g/mol. The van der Waals surface area contributed by atoms with Crippen LogP contribution >= 0.6 is 22.6 Å². The van der Waals surface area contributed by atoms with Crippen molar-refractivity contribution in [3.63, 3.8) is 0 Å². The number of carbonyl (C=O) groups excluding carboxylic acids is 2. The van der Waals surface area contributed by atoms with Gasteiger partial charge in [-0.05, 0) is 25.8 Å². The average Bonchev–Trinajstić information content (AvgIpc) is 2.59. The van der Waals surface area contributed by atoms with Crippen LogP contribution in [0.25, 0.3) is 0 Å². The third-order valence-electron chi connectivity index (χ3n) is 4.36. The van der Waals surface area contributed by atoms with Gasteiger partial charge in [-0.3, -0.25) is 9.59 Å². The Bertz CT molecular complexity index is 577. The third-order valence-corrected chi connectivity index (χ3v) is 4.80. The number of piperidine rings is 1. The zero-order valence-electron chi connectivity index (χ0n) is 14.9. The zero-order chi connectivity index (χ0) is 18.3. The Morgan fingerprint density at radius 2 is 1.84 bits per heavy atom. The van der Waals surface area contributed by atoms with Crippen LogP contribution in [0.4, 0.5) is 0 Å². The highest BCUT2D eigenvalue weighted by Crippen LogP contribution is 2.34. The molecule has 1 heterocycles. The highest BCUT2D eigenvalue weighted by atomic mass is 127. The summed E-state index contributed by atoms with van der Waals surface area (Å²) < 4.78 is 10.6. The number of carbonyl (C=O) groups is 2. The molecule has 5 nitrogen and oxygen atoms in total. The minimum atomic E-state index is -0.547. The van der Waals surface area contributed by atoms with E-state index in [1.807, 2.05) is 52.9 Å².